The number of rotatable bonds is 5. The van der Waals surface area contributed by atoms with Crippen LogP contribution in [0.1, 0.15) is 12.5 Å². The Bertz CT molecular complexity index is 665. The molecule has 1 heterocycles. The van der Waals surface area contributed by atoms with Gasteiger partial charge in [0.2, 0.25) is 0 Å². The fourth-order valence-electron chi connectivity index (χ4n) is 2.49. The molecule has 24 heavy (non-hydrogen) atoms. The van der Waals surface area contributed by atoms with Gasteiger partial charge in [-0.15, -0.1) is 0 Å². The number of carbonyl (C=O) groups excluding carboxylic acids is 3. The number of nitrogens with zero attached hydrogens (tertiary/aromatic N) is 1. The molecule has 2 rings (SSSR count). The maximum Gasteiger partial charge on any atom is 0.324 e. The lowest BCUT2D eigenvalue weighted by molar-refractivity contribution is -0.886. The van der Waals surface area contributed by atoms with Gasteiger partial charge in [0.1, 0.15) is 0 Å². The van der Waals surface area contributed by atoms with Crippen LogP contribution < -0.4 is 15.5 Å². The fourth-order valence-corrected chi connectivity index (χ4v) is 2.97. The van der Waals surface area contributed by atoms with Crippen LogP contribution in [0, 0.1) is 6.92 Å². The minimum absolute atomic E-state index is 0.137. The topological polar surface area (TPSA) is 82.9 Å². The third-order valence-electron chi connectivity index (χ3n) is 4.13. The predicted molar refractivity (Wildman–Crippen MR) is 93.8 cm³/mol. The van der Waals surface area contributed by atoms with E-state index in [-0.39, 0.29) is 24.4 Å². The number of anilines is 1. The average Bonchev–Trinajstić information content (AvgIpc) is 2.94. The van der Waals surface area contributed by atoms with E-state index >= 15 is 0 Å². The Hall–Kier alpha value is -1.93. The van der Waals surface area contributed by atoms with Crippen molar-refractivity contribution in [2.45, 2.75) is 19.9 Å². The van der Waals surface area contributed by atoms with Crippen LogP contribution in [0.4, 0.5) is 10.5 Å². The summed E-state index contributed by atoms with van der Waals surface area (Å²) in [7, 11) is 1.77. The largest absolute Gasteiger partial charge is 0.336 e. The van der Waals surface area contributed by atoms with Crippen LogP contribution in [0.25, 0.3) is 0 Å². The van der Waals surface area contributed by atoms with E-state index in [1.165, 1.54) is 4.90 Å². The van der Waals surface area contributed by atoms with Crippen LogP contribution in [0.15, 0.2) is 22.7 Å². The fraction of sp³-hybridized carbons (Fsp3) is 0.438. The molecule has 130 valence electrons. The minimum atomic E-state index is -0.481. The van der Waals surface area contributed by atoms with Gasteiger partial charge in [-0.2, -0.15) is 0 Å². The lowest BCUT2D eigenvalue weighted by atomic mass is 10.2. The first-order valence-electron chi connectivity index (χ1n) is 7.77. The molecule has 7 nitrogen and oxygen atoms in total. The summed E-state index contributed by atoms with van der Waals surface area (Å²) in [5.41, 5.74) is 1.70. The van der Waals surface area contributed by atoms with Crippen molar-refractivity contribution in [3.05, 3.63) is 28.2 Å². The Morgan fingerprint density at radius 2 is 2.17 bits per heavy atom. The SMILES string of the molecule is Cc1cc(Br)ccc1NC(=O)C[NH+](C)[C@H](C)C(=O)N1CCNC1=O. The Labute approximate surface area is 149 Å². The number of carbonyl (C=O) groups is 3. The maximum atomic E-state index is 12.3. The van der Waals surface area contributed by atoms with E-state index in [0.29, 0.717) is 13.1 Å². The van der Waals surface area contributed by atoms with Gasteiger partial charge in [-0.1, -0.05) is 15.9 Å². The van der Waals surface area contributed by atoms with Gasteiger partial charge in [-0.3, -0.25) is 14.5 Å². The number of aryl methyl sites for hydroxylation is 1. The summed E-state index contributed by atoms with van der Waals surface area (Å²) in [6.07, 6.45) is 0. The molecule has 0 aromatic heterocycles. The second-order valence-corrected chi connectivity index (χ2v) is 6.89. The van der Waals surface area contributed by atoms with E-state index in [1.807, 2.05) is 25.1 Å². The molecule has 0 aliphatic carbocycles. The number of quaternary nitrogens is 1. The number of halogens is 1. The number of hydrogen-bond acceptors (Lipinski definition) is 3. The van der Waals surface area contributed by atoms with Crippen molar-refractivity contribution >= 4 is 39.5 Å². The van der Waals surface area contributed by atoms with E-state index in [2.05, 4.69) is 26.6 Å². The van der Waals surface area contributed by atoms with E-state index < -0.39 is 6.04 Å². The molecule has 3 N–H and O–H groups in total. The van der Waals surface area contributed by atoms with Gasteiger partial charge < -0.3 is 15.5 Å². The highest BCUT2D eigenvalue weighted by molar-refractivity contribution is 9.10. The number of imide groups is 1. The molecule has 8 heteroatoms. The number of amides is 4. The lowest BCUT2D eigenvalue weighted by Crippen LogP contribution is -3.15. The van der Waals surface area contributed by atoms with Gasteiger partial charge in [0.05, 0.1) is 7.05 Å². The zero-order chi connectivity index (χ0) is 17.9. The number of nitrogens with one attached hydrogen (secondary N) is 3. The van der Waals surface area contributed by atoms with Gasteiger partial charge in [0, 0.05) is 23.2 Å². The zero-order valence-electron chi connectivity index (χ0n) is 14.0. The molecule has 0 spiro atoms. The molecular weight excluding hydrogens is 376 g/mol. The van der Waals surface area contributed by atoms with E-state index in [9.17, 15) is 14.4 Å². The molecule has 1 fully saturated rings. The second kappa shape index (κ2) is 7.76. The molecule has 0 saturated carbocycles. The maximum absolute atomic E-state index is 12.3. The molecule has 1 aliphatic rings. The third-order valence-corrected chi connectivity index (χ3v) is 4.63. The summed E-state index contributed by atoms with van der Waals surface area (Å²) in [5, 5.41) is 5.46. The van der Waals surface area contributed by atoms with Gasteiger partial charge in [-0.05, 0) is 37.6 Å². The first-order chi connectivity index (χ1) is 11.3. The van der Waals surface area contributed by atoms with Crippen molar-refractivity contribution in [3.8, 4) is 0 Å². The first kappa shape index (κ1) is 18.4. The van der Waals surface area contributed by atoms with Gasteiger partial charge in [0.25, 0.3) is 11.8 Å². The quantitative estimate of drug-likeness (QED) is 0.661. The molecule has 2 atom stereocenters. The molecule has 1 aromatic rings. The summed E-state index contributed by atoms with van der Waals surface area (Å²) in [6.45, 7) is 4.62. The molecule has 1 saturated heterocycles. The van der Waals surface area contributed by atoms with Crippen LogP contribution in [-0.4, -0.2) is 55.5 Å². The van der Waals surface area contributed by atoms with Gasteiger partial charge >= 0.3 is 6.03 Å². The average molecular weight is 398 g/mol. The number of likely N-dealkylation sites (N-methyl/N-ethyl adjacent to an activating group) is 1. The Kier molecular flexibility index (Phi) is 5.95. The highest BCUT2D eigenvalue weighted by Gasteiger charge is 2.34. The number of urea groups is 1. The summed E-state index contributed by atoms with van der Waals surface area (Å²) in [4.78, 5) is 38.1. The van der Waals surface area contributed by atoms with Crippen molar-refractivity contribution in [1.82, 2.24) is 10.2 Å². The van der Waals surface area contributed by atoms with Crippen LogP contribution in [0.2, 0.25) is 0 Å². The monoisotopic (exact) mass is 397 g/mol. The first-order valence-corrected chi connectivity index (χ1v) is 8.56. The molecule has 4 amide bonds. The van der Waals surface area contributed by atoms with Crippen LogP contribution in [0.3, 0.4) is 0 Å². The van der Waals surface area contributed by atoms with Crippen molar-refractivity contribution in [2.24, 2.45) is 0 Å². The van der Waals surface area contributed by atoms with Gasteiger partial charge in [-0.25, -0.2) is 4.79 Å². The van der Waals surface area contributed by atoms with Crippen molar-refractivity contribution < 1.29 is 19.3 Å². The predicted octanol–water partition coefficient (Wildman–Crippen LogP) is 0.151. The highest BCUT2D eigenvalue weighted by atomic mass is 79.9. The molecule has 0 radical (unpaired) electrons. The van der Waals surface area contributed by atoms with Crippen LogP contribution in [-0.2, 0) is 9.59 Å². The molecule has 1 unspecified atom stereocenters. The third kappa shape index (κ3) is 4.33. The molecule has 1 aliphatic heterocycles. The summed E-state index contributed by atoms with van der Waals surface area (Å²) >= 11 is 3.38. The smallest absolute Gasteiger partial charge is 0.324 e. The lowest BCUT2D eigenvalue weighted by Gasteiger charge is -2.23. The minimum Gasteiger partial charge on any atom is -0.336 e. The highest BCUT2D eigenvalue weighted by Crippen LogP contribution is 2.19. The second-order valence-electron chi connectivity index (χ2n) is 5.97. The Balaban J connectivity index is 1.92. The Morgan fingerprint density at radius 1 is 1.46 bits per heavy atom. The van der Waals surface area contributed by atoms with Gasteiger partial charge in [0.15, 0.2) is 12.6 Å². The van der Waals surface area contributed by atoms with Crippen molar-refractivity contribution in [2.75, 3.05) is 32.0 Å². The van der Waals surface area contributed by atoms with E-state index in [4.69, 9.17) is 0 Å². The zero-order valence-corrected chi connectivity index (χ0v) is 15.6. The molecule has 0 bridgehead atoms. The number of benzene rings is 1. The van der Waals surface area contributed by atoms with Crippen LogP contribution >= 0.6 is 15.9 Å². The summed E-state index contributed by atoms with van der Waals surface area (Å²) < 4.78 is 0.948. The summed E-state index contributed by atoms with van der Waals surface area (Å²) in [5.74, 6) is -0.446. The van der Waals surface area contributed by atoms with E-state index in [0.717, 1.165) is 20.6 Å². The van der Waals surface area contributed by atoms with Crippen molar-refractivity contribution in [3.63, 3.8) is 0 Å². The standard InChI is InChI=1S/C16H21BrN4O3/c1-10-8-12(17)4-5-13(10)19-14(22)9-20(3)11(2)15(23)21-7-6-18-16(21)24/h4-5,8,11H,6-7,9H2,1-3H3,(H,18,24)(H,19,22)/p+1/t11-/m1/s1. The normalized spacial score (nSPS) is 16.5. The molecule has 1 aromatic carbocycles. The van der Waals surface area contributed by atoms with Crippen molar-refractivity contribution in [1.29, 1.82) is 0 Å². The molecular formula is C16H22BrN4O3+. The van der Waals surface area contributed by atoms with E-state index in [1.54, 1.807) is 14.0 Å². The summed E-state index contributed by atoms with van der Waals surface area (Å²) in [6, 6.07) is 4.76. The van der Waals surface area contributed by atoms with Crippen LogP contribution in [0.5, 0.6) is 0 Å². The Morgan fingerprint density at radius 3 is 2.75 bits per heavy atom. The number of hydrogen-bond donors (Lipinski definition) is 3.